The molecule has 0 radical (unpaired) electrons. The summed E-state index contributed by atoms with van der Waals surface area (Å²) in [5.74, 6) is 1.01. The molecule has 1 saturated heterocycles. The van der Waals surface area contributed by atoms with Gasteiger partial charge in [0.25, 0.3) is 0 Å². The van der Waals surface area contributed by atoms with Gasteiger partial charge in [0.15, 0.2) is 0 Å². The fourth-order valence-electron chi connectivity index (χ4n) is 4.19. The lowest BCUT2D eigenvalue weighted by atomic mass is 9.54. The highest BCUT2D eigenvalue weighted by molar-refractivity contribution is 5.76. The Balaban J connectivity index is 0.000000471. The third-order valence-electron chi connectivity index (χ3n) is 6.04. The average molecular weight is 337 g/mol. The van der Waals surface area contributed by atoms with Crippen molar-refractivity contribution in [1.29, 1.82) is 0 Å². The Morgan fingerprint density at radius 3 is 2.17 bits per heavy atom. The minimum Gasteiger partial charge on any atom is -0.340 e. The van der Waals surface area contributed by atoms with Gasteiger partial charge in [-0.15, -0.1) is 0 Å². The molecule has 1 spiro atoms. The van der Waals surface area contributed by atoms with E-state index in [0.29, 0.717) is 18.2 Å². The largest absolute Gasteiger partial charge is 0.340 e. The zero-order valence-corrected chi connectivity index (χ0v) is 15.9. The summed E-state index contributed by atoms with van der Waals surface area (Å²) >= 11 is 0. The lowest BCUT2D eigenvalue weighted by Crippen LogP contribution is -2.59. The van der Waals surface area contributed by atoms with E-state index in [1.807, 2.05) is 6.92 Å². The normalized spacial score (nSPS) is 23.2. The predicted molar refractivity (Wildman–Crippen MR) is 97.9 cm³/mol. The monoisotopic (exact) mass is 336 g/mol. The summed E-state index contributed by atoms with van der Waals surface area (Å²) < 4.78 is 0. The molecule has 1 amide bonds. The molecule has 0 aromatic rings. The fraction of sp³-hybridized carbons (Fsp3) is 0.900. The van der Waals surface area contributed by atoms with Gasteiger partial charge in [0.05, 0.1) is 0 Å². The van der Waals surface area contributed by atoms with E-state index in [2.05, 4.69) is 23.6 Å². The number of aldehydes is 1. The van der Waals surface area contributed by atoms with E-state index >= 15 is 0 Å². The maximum Gasteiger partial charge on any atom is 0.222 e. The van der Waals surface area contributed by atoms with E-state index in [9.17, 15) is 9.59 Å². The van der Waals surface area contributed by atoms with Crippen LogP contribution in [0.15, 0.2) is 0 Å². The van der Waals surface area contributed by atoms with E-state index in [1.54, 1.807) is 0 Å². The summed E-state index contributed by atoms with van der Waals surface area (Å²) in [5, 5.41) is 0. The van der Waals surface area contributed by atoms with Crippen LogP contribution in [0.25, 0.3) is 0 Å². The number of hydrogen-bond acceptors (Lipinski definition) is 3. The number of amides is 1. The van der Waals surface area contributed by atoms with Gasteiger partial charge in [0, 0.05) is 45.1 Å². The molecule has 0 aromatic carbocycles. The van der Waals surface area contributed by atoms with Crippen molar-refractivity contribution < 1.29 is 9.59 Å². The van der Waals surface area contributed by atoms with E-state index in [1.165, 1.54) is 32.1 Å². The third-order valence-corrected chi connectivity index (χ3v) is 6.04. The number of piperazine rings is 1. The second-order valence-electron chi connectivity index (χ2n) is 8.34. The second-order valence-corrected chi connectivity index (χ2v) is 8.34. The van der Waals surface area contributed by atoms with Crippen molar-refractivity contribution in [3.63, 3.8) is 0 Å². The standard InChI is InChI=1S/C17H30N2O.C3H6O/c1-14(2)4-5-16(20)19-10-8-18(9-11-19)15-12-17(13-15)6-3-7-17;1-2-3-4/h14-15H,3-13H2,1-2H3;3H,2H2,1H3. The highest BCUT2D eigenvalue weighted by Crippen LogP contribution is 2.57. The van der Waals surface area contributed by atoms with Crippen LogP contribution in [0.2, 0.25) is 0 Å². The Kier molecular flexibility index (Phi) is 7.27. The van der Waals surface area contributed by atoms with Crippen molar-refractivity contribution in [3.8, 4) is 0 Å². The van der Waals surface area contributed by atoms with E-state index < -0.39 is 0 Å². The van der Waals surface area contributed by atoms with Crippen LogP contribution in [-0.4, -0.2) is 54.2 Å². The molecule has 138 valence electrons. The minimum atomic E-state index is 0.377. The molecule has 4 nitrogen and oxygen atoms in total. The Hall–Kier alpha value is -0.900. The van der Waals surface area contributed by atoms with Crippen LogP contribution >= 0.6 is 0 Å². The molecule has 1 aliphatic heterocycles. The molecule has 2 saturated carbocycles. The van der Waals surface area contributed by atoms with Crippen LogP contribution in [0, 0.1) is 11.3 Å². The summed E-state index contributed by atoms with van der Waals surface area (Å²) in [4.78, 5) is 26.0. The van der Waals surface area contributed by atoms with E-state index in [0.717, 1.165) is 56.8 Å². The molecule has 0 N–H and O–H groups in total. The molecular formula is C20H36N2O2. The first kappa shape index (κ1) is 19.4. The first-order valence-electron chi connectivity index (χ1n) is 9.95. The zero-order valence-electron chi connectivity index (χ0n) is 15.9. The number of carbonyl (C=O) groups is 2. The van der Waals surface area contributed by atoms with Crippen molar-refractivity contribution >= 4 is 12.2 Å². The van der Waals surface area contributed by atoms with Crippen molar-refractivity contribution in [1.82, 2.24) is 9.80 Å². The zero-order chi connectivity index (χ0) is 17.6. The van der Waals surface area contributed by atoms with Crippen LogP contribution in [0.5, 0.6) is 0 Å². The van der Waals surface area contributed by atoms with Crippen LogP contribution in [0.3, 0.4) is 0 Å². The second kappa shape index (κ2) is 8.98. The quantitative estimate of drug-likeness (QED) is 0.722. The summed E-state index contributed by atoms with van der Waals surface area (Å²) in [5.41, 5.74) is 0.773. The van der Waals surface area contributed by atoms with Gasteiger partial charge in [-0.05, 0) is 43.4 Å². The third kappa shape index (κ3) is 5.05. The summed E-state index contributed by atoms with van der Waals surface area (Å²) in [6.45, 7) is 10.3. The molecule has 3 fully saturated rings. The van der Waals surface area contributed by atoms with Gasteiger partial charge in [-0.25, -0.2) is 0 Å². The summed E-state index contributed by atoms with van der Waals surface area (Å²) in [6, 6.07) is 0.836. The van der Waals surface area contributed by atoms with Gasteiger partial charge >= 0.3 is 0 Å². The first-order chi connectivity index (χ1) is 11.5. The fourth-order valence-corrected chi connectivity index (χ4v) is 4.19. The SMILES string of the molecule is CC(C)CCC(=O)N1CCN(C2CC3(CCC3)C2)CC1.CCC=O. The Morgan fingerprint density at radius 2 is 1.75 bits per heavy atom. The lowest BCUT2D eigenvalue weighted by Gasteiger charge is -2.58. The lowest BCUT2D eigenvalue weighted by molar-refractivity contribution is -0.135. The van der Waals surface area contributed by atoms with Crippen LogP contribution in [0.1, 0.15) is 72.1 Å². The smallest absolute Gasteiger partial charge is 0.222 e. The van der Waals surface area contributed by atoms with Crippen LogP contribution < -0.4 is 0 Å². The van der Waals surface area contributed by atoms with Crippen LogP contribution in [0.4, 0.5) is 0 Å². The number of nitrogens with zero attached hydrogens (tertiary/aromatic N) is 2. The maximum atomic E-state index is 12.1. The van der Waals surface area contributed by atoms with Gasteiger partial charge in [0.2, 0.25) is 5.91 Å². The van der Waals surface area contributed by atoms with Gasteiger partial charge in [-0.1, -0.05) is 27.2 Å². The highest BCUT2D eigenvalue weighted by Gasteiger charge is 2.50. The number of hydrogen-bond donors (Lipinski definition) is 0. The van der Waals surface area contributed by atoms with Gasteiger partial charge in [-0.2, -0.15) is 0 Å². The number of rotatable bonds is 5. The molecule has 2 aliphatic carbocycles. The van der Waals surface area contributed by atoms with E-state index in [-0.39, 0.29) is 0 Å². The average Bonchev–Trinajstić information content (AvgIpc) is 2.51. The highest BCUT2D eigenvalue weighted by atomic mass is 16.2. The van der Waals surface area contributed by atoms with E-state index in [4.69, 9.17) is 0 Å². The van der Waals surface area contributed by atoms with Crippen LogP contribution in [-0.2, 0) is 9.59 Å². The molecule has 1 heterocycles. The maximum absolute atomic E-state index is 12.1. The van der Waals surface area contributed by atoms with Crippen molar-refractivity contribution in [2.24, 2.45) is 11.3 Å². The molecule has 0 atom stereocenters. The predicted octanol–water partition coefficient (Wildman–Crippen LogP) is 3.49. The van der Waals surface area contributed by atoms with Gasteiger partial charge < -0.3 is 9.69 Å². The topological polar surface area (TPSA) is 40.6 Å². The first-order valence-corrected chi connectivity index (χ1v) is 9.95. The molecule has 4 heteroatoms. The molecular weight excluding hydrogens is 300 g/mol. The molecule has 24 heavy (non-hydrogen) atoms. The molecule has 0 bridgehead atoms. The Labute approximate surface area is 148 Å². The molecule has 3 rings (SSSR count). The van der Waals surface area contributed by atoms with Crippen molar-refractivity contribution in [2.75, 3.05) is 26.2 Å². The Morgan fingerprint density at radius 1 is 1.17 bits per heavy atom. The van der Waals surface area contributed by atoms with Gasteiger partial charge in [-0.3, -0.25) is 9.69 Å². The molecule has 0 unspecified atom stereocenters. The summed E-state index contributed by atoms with van der Waals surface area (Å²) in [7, 11) is 0. The number of carbonyl (C=O) groups excluding carboxylic acids is 2. The minimum absolute atomic E-state index is 0.377. The van der Waals surface area contributed by atoms with Crippen molar-refractivity contribution in [3.05, 3.63) is 0 Å². The Bertz CT molecular complexity index is 402. The summed E-state index contributed by atoms with van der Waals surface area (Å²) in [6.07, 6.45) is 10.6. The van der Waals surface area contributed by atoms with Gasteiger partial charge in [0.1, 0.15) is 6.29 Å². The molecule has 3 aliphatic rings. The van der Waals surface area contributed by atoms with Crippen molar-refractivity contribution in [2.45, 2.75) is 78.2 Å². The molecule has 0 aromatic heterocycles.